The summed E-state index contributed by atoms with van der Waals surface area (Å²) in [6, 6.07) is 9.14. The summed E-state index contributed by atoms with van der Waals surface area (Å²) in [4.78, 5) is 8.63. The van der Waals surface area contributed by atoms with Gasteiger partial charge in [0.1, 0.15) is 17.1 Å². The first-order valence-electron chi connectivity index (χ1n) is 7.32. The molecule has 0 radical (unpaired) electrons. The van der Waals surface area contributed by atoms with Crippen molar-refractivity contribution in [2.75, 3.05) is 12.9 Å². The maximum absolute atomic E-state index is 11.8. The molecule has 7 heteroatoms. The summed E-state index contributed by atoms with van der Waals surface area (Å²) in [5.41, 5.74) is 2.54. The van der Waals surface area contributed by atoms with Crippen LogP contribution >= 0.6 is 0 Å². The molecule has 23 heavy (non-hydrogen) atoms. The quantitative estimate of drug-likeness (QED) is 0.721. The van der Waals surface area contributed by atoms with Crippen LogP contribution in [-0.2, 0) is 16.4 Å². The number of benzene rings is 1. The Kier molecular flexibility index (Phi) is 3.12. The molecule has 1 aliphatic heterocycles. The SMILES string of the molecule is CS(=O)(=O)c1cc(-c2nc3cccc4c3n2CCCO4)ccn1. The minimum absolute atomic E-state index is 0.0555. The van der Waals surface area contributed by atoms with E-state index < -0.39 is 9.84 Å². The number of hydrogen-bond donors (Lipinski definition) is 0. The van der Waals surface area contributed by atoms with Crippen molar-refractivity contribution >= 4 is 20.9 Å². The zero-order chi connectivity index (χ0) is 16.0. The fourth-order valence-electron chi connectivity index (χ4n) is 2.86. The van der Waals surface area contributed by atoms with E-state index in [9.17, 15) is 8.42 Å². The molecule has 0 amide bonds. The minimum atomic E-state index is -3.36. The summed E-state index contributed by atoms with van der Waals surface area (Å²) in [6.45, 7) is 1.44. The van der Waals surface area contributed by atoms with Crippen molar-refractivity contribution in [1.82, 2.24) is 14.5 Å². The standard InChI is InChI=1S/C16H15N3O3S/c1-23(20,21)14-10-11(6-7-17-14)16-18-12-4-2-5-13-15(12)19(16)8-3-9-22-13/h2,4-7,10H,3,8-9H2,1H3. The molecule has 0 N–H and O–H groups in total. The number of rotatable bonds is 2. The molecule has 0 spiro atoms. The van der Waals surface area contributed by atoms with E-state index >= 15 is 0 Å². The summed E-state index contributed by atoms with van der Waals surface area (Å²) in [5.74, 6) is 1.56. The van der Waals surface area contributed by atoms with Crippen LogP contribution in [-0.4, -0.2) is 35.8 Å². The van der Waals surface area contributed by atoms with E-state index in [0.717, 1.165) is 47.4 Å². The molecule has 0 aliphatic carbocycles. The average molecular weight is 329 g/mol. The Bertz CT molecular complexity index is 1010. The Labute approximate surface area is 133 Å². The first kappa shape index (κ1) is 14.2. The van der Waals surface area contributed by atoms with Crippen molar-refractivity contribution in [3.8, 4) is 17.1 Å². The third-order valence-electron chi connectivity index (χ3n) is 3.89. The van der Waals surface area contributed by atoms with Crippen LogP contribution < -0.4 is 4.74 Å². The lowest BCUT2D eigenvalue weighted by molar-refractivity contribution is 0.316. The Morgan fingerprint density at radius 3 is 2.96 bits per heavy atom. The second kappa shape index (κ2) is 5.06. The van der Waals surface area contributed by atoms with Crippen LogP contribution in [0, 0.1) is 0 Å². The van der Waals surface area contributed by atoms with Crippen LogP contribution in [0.3, 0.4) is 0 Å². The molecule has 0 saturated carbocycles. The number of ether oxygens (including phenoxy) is 1. The number of nitrogens with zero attached hydrogens (tertiary/aromatic N) is 3. The van der Waals surface area contributed by atoms with E-state index in [-0.39, 0.29) is 5.03 Å². The van der Waals surface area contributed by atoms with Gasteiger partial charge in [-0.3, -0.25) is 0 Å². The van der Waals surface area contributed by atoms with Gasteiger partial charge in [-0.2, -0.15) is 0 Å². The third-order valence-corrected chi connectivity index (χ3v) is 4.87. The molecule has 6 nitrogen and oxygen atoms in total. The Hall–Kier alpha value is -2.41. The van der Waals surface area contributed by atoms with Crippen molar-refractivity contribution in [3.63, 3.8) is 0 Å². The summed E-state index contributed by atoms with van der Waals surface area (Å²) in [5, 5.41) is 0.0555. The molecule has 3 heterocycles. The highest BCUT2D eigenvalue weighted by Gasteiger charge is 2.20. The number of sulfone groups is 1. The highest BCUT2D eigenvalue weighted by molar-refractivity contribution is 7.90. The molecule has 1 aliphatic rings. The normalized spacial score (nSPS) is 14.5. The molecular formula is C16H15N3O3S. The van der Waals surface area contributed by atoms with Crippen molar-refractivity contribution in [3.05, 3.63) is 36.5 Å². The lowest BCUT2D eigenvalue weighted by atomic mass is 10.2. The van der Waals surface area contributed by atoms with E-state index in [1.54, 1.807) is 12.1 Å². The molecule has 0 fully saturated rings. The van der Waals surface area contributed by atoms with Gasteiger partial charge in [0.25, 0.3) is 0 Å². The maximum atomic E-state index is 11.8. The number of pyridine rings is 1. The summed E-state index contributed by atoms with van der Waals surface area (Å²) in [7, 11) is -3.36. The second-order valence-corrected chi connectivity index (χ2v) is 7.53. The molecule has 1 aromatic carbocycles. The first-order chi connectivity index (χ1) is 11.0. The van der Waals surface area contributed by atoms with Crippen LogP contribution in [0.15, 0.2) is 41.6 Å². The fraction of sp³-hybridized carbons (Fsp3) is 0.250. The molecule has 0 unspecified atom stereocenters. The van der Waals surface area contributed by atoms with E-state index in [4.69, 9.17) is 4.74 Å². The Morgan fingerprint density at radius 2 is 2.13 bits per heavy atom. The van der Waals surface area contributed by atoms with Gasteiger partial charge in [-0.25, -0.2) is 18.4 Å². The monoisotopic (exact) mass is 329 g/mol. The van der Waals surface area contributed by atoms with Crippen molar-refractivity contribution in [2.45, 2.75) is 18.0 Å². The number of para-hydroxylation sites is 1. The fourth-order valence-corrected chi connectivity index (χ4v) is 3.46. The smallest absolute Gasteiger partial charge is 0.192 e. The van der Waals surface area contributed by atoms with E-state index in [0.29, 0.717) is 6.61 Å². The molecular weight excluding hydrogens is 314 g/mol. The first-order valence-corrected chi connectivity index (χ1v) is 9.22. The van der Waals surface area contributed by atoms with Gasteiger partial charge >= 0.3 is 0 Å². The van der Waals surface area contributed by atoms with Gasteiger partial charge in [-0.05, 0) is 30.7 Å². The van der Waals surface area contributed by atoms with Crippen molar-refractivity contribution in [1.29, 1.82) is 0 Å². The van der Waals surface area contributed by atoms with Crippen LogP contribution in [0.25, 0.3) is 22.4 Å². The third kappa shape index (κ3) is 2.37. The average Bonchev–Trinajstić information content (AvgIpc) is 2.76. The van der Waals surface area contributed by atoms with Gasteiger partial charge in [-0.15, -0.1) is 0 Å². The van der Waals surface area contributed by atoms with Gasteiger partial charge < -0.3 is 9.30 Å². The molecule has 0 bridgehead atoms. The second-order valence-electron chi connectivity index (χ2n) is 5.57. The van der Waals surface area contributed by atoms with Gasteiger partial charge in [0.05, 0.1) is 12.1 Å². The molecule has 118 valence electrons. The number of hydrogen-bond acceptors (Lipinski definition) is 5. The van der Waals surface area contributed by atoms with Crippen LogP contribution in [0.1, 0.15) is 6.42 Å². The predicted molar refractivity (Wildman–Crippen MR) is 86.2 cm³/mol. The van der Waals surface area contributed by atoms with E-state index in [2.05, 4.69) is 14.5 Å². The number of aryl methyl sites for hydroxylation is 1. The van der Waals surface area contributed by atoms with E-state index in [1.807, 2.05) is 18.2 Å². The highest BCUT2D eigenvalue weighted by atomic mass is 32.2. The van der Waals surface area contributed by atoms with Crippen LogP contribution in [0.5, 0.6) is 5.75 Å². The number of imidazole rings is 1. The minimum Gasteiger partial charge on any atom is -0.491 e. The van der Waals surface area contributed by atoms with Crippen LogP contribution in [0.4, 0.5) is 0 Å². The highest BCUT2D eigenvalue weighted by Crippen LogP contribution is 2.33. The van der Waals surface area contributed by atoms with Gasteiger partial charge in [0.15, 0.2) is 14.9 Å². The molecule has 0 saturated heterocycles. The van der Waals surface area contributed by atoms with Gasteiger partial charge in [0.2, 0.25) is 0 Å². The maximum Gasteiger partial charge on any atom is 0.192 e. The van der Waals surface area contributed by atoms with Gasteiger partial charge in [-0.1, -0.05) is 6.07 Å². The topological polar surface area (TPSA) is 74.1 Å². The lowest BCUT2D eigenvalue weighted by Gasteiger charge is -2.07. The number of aromatic nitrogens is 3. The zero-order valence-corrected chi connectivity index (χ0v) is 13.4. The molecule has 4 rings (SSSR count). The largest absolute Gasteiger partial charge is 0.491 e. The van der Waals surface area contributed by atoms with Crippen LogP contribution in [0.2, 0.25) is 0 Å². The molecule has 0 atom stereocenters. The summed E-state index contributed by atoms with van der Waals surface area (Å²) < 4.78 is 31.4. The van der Waals surface area contributed by atoms with Crippen molar-refractivity contribution < 1.29 is 13.2 Å². The van der Waals surface area contributed by atoms with Gasteiger partial charge in [0, 0.05) is 24.6 Å². The summed E-state index contributed by atoms with van der Waals surface area (Å²) in [6.07, 6.45) is 3.53. The van der Waals surface area contributed by atoms with Crippen molar-refractivity contribution in [2.24, 2.45) is 0 Å². The zero-order valence-electron chi connectivity index (χ0n) is 12.6. The lowest BCUT2D eigenvalue weighted by Crippen LogP contribution is -2.03. The Morgan fingerprint density at radius 1 is 1.26 bits per heavy atom. The molecule has 2 aromatic heterocycles. The Balaban J connectivity index is 1.98. The predicted octanol–water partition coefficient (Wildman–Crippen LogP) is 2.28. The van der Waals surface area contributed by atoms with E-state index in [1.165, 1.54) is 6.20 Å². The molecule has 3 aromatic rings. The summed E-state index contributed by atoms with van der Waals surface area (Å²) >= 11 is 0.